The largest absolute Gasteiger partial charge is 0.383 e. The van der Waals surface area contributed by atoms with E-state index in [-0.39, 0.29) is 5.82 Å². The van der Waals surface area contributed by atoms with Crippen LogP contribution >= 0.6 is 0 Å². The minimum Gasteiger partial charge on any atom is -0.383 e. The third-order valence-corrected chi connectivity index (χ3v) is 2.52. The number of nitrogens with two attached hydrogens (primary N) is 1. The average molecular weight is 230 g/mol. The number of anilines is 1. The maximum absolute atomic E-state index is 12.7. The summed E-state index contributed by atoms with van der Waals surface area (Å²) in [7, 11) is 0. The fraction of sp³-hybridized carbons (Fsp3) is 0.167. The van der Waals surface area contributed by atoms with E-state index in [1.807, 2.05) is 6.07 Å². The number of nitriles is 1. The first-order valence-electron chi connectivity index (χ1n) is 5.09. The van der Waals surface area contributed by atoms with Crippen molar-refractivity contribution in [3.05, 3.63) is 46.9 Å². The van der Waals surface area contributed by atoms with Gasteiger partial charge in [-0.05, 0) is 24.6 Å². The molecular formula is C12H11FN4. The number of nitrogens with zero attached hydrogens (tertiary/aromatic N) is 3. The van der Waals surface area contributed by atoms with Gasteiger partial charge in [0, 0.05) is 0 Å². The highest BCUT2D eigenvalue weighted by Gasteiger charge is 2.11. The molecule has 0 aliphatic heterocycles. The Bertz CT molecular complexity index is 578. The zero-order chi connectivity index (χ0) is 12.4. The summed E-state index contributed by atoms with van der Waals surface area (Å²) in [6.07, 6.45) is 0. The minimum absolute atomic E-state index is 0.281. The van der Waals surface area contributed by atoms with Crippen molar-refractivity contribution in [3.63, 3.8) is 0 Å². The highest BCUT2D eigenvalue weighted by atomic mass is 19.1. The van der Waals surface area contributed by atoms with E-state index in [1.54, 1.807) is 23.7 Å². The topological polar surface area (TPSA) is 67.6 Å². The Morgan fingerprint density at radius 3 is 2.59 bits per heavy atom. The molecule has 86 valence electrons. The predicted molar refractivity (Wildman–Crippen MR) is 61.6 cm³/mol. The van der Waals surface area contributed by atoms with Gasteiger partial charge in [0.05, 0.1) is 12.2 Å². The molecular weight excluding hydrogens is 219 g/mol. The highest BCUT2D eigenvalue weighted by Crippen LogP contribution is 2.16. The van der Waals surface area contributed by atoms with Crippen LogP contribution < -0.4 is 5.73 Å². The van der Waals surface area contributed by atoms with Crippen LogP contribution in [0.1, 0.15) is 16.8 Å². The molecule has 4 nitrogen and oxygen atoms in total. The first-order chi connectivity index (χ1) is 8.11. The number of aryl methyl sites for hydroxylation is 1. The van der Waals surface area contributed by atoms with Crippen LogP contribution in [-0.2, 0) is 6.54 Å². The normalized spacial score (nSPS) is 10.2. The quantitative estimate of drug-likeness (QED) is 0.855. The molecule has 2 rings (SSSR count). The van der Waals surface area contributed by atoms with Crippen molar-refractivity contribution >= 4 is 5.82 Å². The van der Waals surface area contributed by atoms with E-state index in [9.17, 15) is 4.39 Å². The highest BCUT2D eigenvalue weighted by molar-refractivity contribution is 5.51. The summed E-state index contributed by atoms with van der Waals surface area (Å²) in [5, 5.41) is 13.1. The zero-order valence-electron chi connectivity index (χ0n) is 9.31. The van der Waals surface area contributed by atoms with Crippen LogP contribution in [0.15, 0.2) is 24.3 Å². The van der Waals surface area contributed by atoms with Gasteiger partial charge in [0.1, 0.15) is 23.3 Å². The van der Waals surface area contributed by atoms with Crippen molar-refractivity contribution in [1.29, 1.82) is 5.26 Å². The molecule has 1 aromatic heterocycles. The van der Waals surface area contributed by atoms with E-state index >= 15 is 0 Å². The monoisotopic (exact) mass is 230 g/mol. The Hall–Kier alpha value is -2.35. The smallest absolute Gasteiger partial charge is 0.140 e. The van der Waals surface area contributed by atoms with E-state index < -0.39 is 0 Å². The molecule has 0 atom stereocenters. The van der Waals surface area contributed by atoms with Crippen LogP contribution in [0.5, 0.6) is 0 Å². The molecule has 0 radical (unpaired) electrons. The molecule has 1 heterocycles. The van der Waals surface area contributed by atoms with Crippen molar-refractivity contribution < 1.29 is 4.39 Å². The number of nitrogen functional groups attached to an aromatic ring is 1. The molecule has 17 heavy (non-hydrogen) atoms. The molecule has 0 saturated heterocycles. The van der Waals surface area contributed by atoms with Gasteiger partial charge in [0.25, 0.3) is 0 Å². The van der Waals surface area contributed by atoms with Crippen molar-refractivity contribution in [3.8, 4) is 6.07 Å². The number of rotatable bonds is 2. The van der Waals surface area contributed by atoms with Crippen LogP contribution in [0.3, 0.4) is 0 Å². The van der Waals surface area contributed by atoms with Gasteiger partial charge < -0.3 is 5.73 Å². The third kappa shape index (κ3) is 2.11. The van der Waals surface area contributed by atoms with Gasteiger partial charge in [-0.15, -0.1) is 0 Å². The maximum Gasteiger partial charge on any atom is 0.140 e. The second-order valence-corrected chi connectivity index (χ2v) is 3.74. The van der Waals surface area contributed by atoms with Gasteiger partial charge in [-0.3, -0.25) is 0 Å². The molecule has 0 fully saturated rings. The van der Waals surface area contributed by atoms with Crippen molar-refractivity contribution in [2.24, 2.45) is 0 Å². The lowest BCUT2D eigenvalue weighted by molar-refractivity contribution is 0.624. The van der Waals surface area contributed by atoms with Gasteiger partial charge in [-0.1, -0.05) is 12.1 Å². The summed E-state index contributed by atoms with van der Waals surface area (Å²) in [4.78, 5) is 0. The molecule has 2 N–H and O–H groups in total. The van der Waals surface area contributed by atoms with Gasteiger partial charge in [0.15, 0.2) is 0 Å². The second kappa shape index (κ2) is 4.26. The molecule has 0 bridgehead atoms. The van der Waals surface area contributed by atoms with E-state index in [0.29, 0.717) is 23.6 Å². The van der Waals surface area contributed by atoms with Crippen molar-refractivity contribution in [2.75, 3.05) is 5.73 Å². The van der Waals surface area contributed by atoms with Crippen LogP contribution in [0.4, 0.5) is 10.2 Å². The van der Waals surface area contributed by atoms with Crippen LogP contribution in [0.2, 0.25) is 0 Å². The van der Waals surface area contributed by atoms with Gasteiger partial charge >= 0.3 is 0 Å². The number of halogens is 1. The molecule has 5 heteroatoms. The molecule has 0 unspecified atom stereocenters. The van der Waals surface area contributed by atoms with Gasteiger partial charge in [-0.2, -0.15) is 10.4 Å². The van der Waals surface area contributed by atoms with Gasteiger partial charge in [-0.25, -0.2) is 9.07 Å². The number of aromatic nitrogens is 2. The standard InChI is InChI=1S/C12H11FN4/c1-8-11(6-14)12(15)17(16-8)7-9-2-4-10(13)5-3-9/h2-5H,7,15H2,1H3. The van der Waals surface area contributed by atoms with E-state index in [1.165, 1.54) is 12.1 Å². The number of hydrogen-bond donors (Lipinski definition) is 1. The first kappa shape index (κ1) is 11.1. The first-order valence-corrected chi connectivity index (χ1v) is 5.09. The van der Waals surface area contributed by atoms with Crippen LogP contribution in [-0.4, -0.2) is 9.78 Å². The van der Waals surface area contributed by atoms with Crippen LogP contribution in [0.25, 0.3) is 0 Å². The van der Waals surface area contributed by atoms with E-state index in [0.717, 1.165) is 5.56 Å². The molecule has 0 aliphatic rings. The molecule has 0 aliphatic carbocycles. The summed E-state index contributed by atoms with van der Waals surface area (Å²) in [6.45, 7) is 2.16. The summed E-state index contributed by atoms with van der Waals surface area (Å²) in [5.41, 5.74) is 7.68. The third-order valence-electron chi connectivity index (χ3n) is 2.52. The van der Waals surface area contributed by atoms with Crippen molar-refractivity contribution in [2.45, 2.75) is 13.5 Å². The molecule has 1 aromatic carbocycles. The predicted octanol–water partition coefficient (Wildman–Crippen LogP) is 1.83. The number of benzene rings is 1. The molecule has 2 aromatic rings. The maximum atomic E-state index is 12.7. The summed E-state index contributed by atoms with van der Waals surface area (Å²) in [6, 6.07) is 8.10. The van der Waals surface area contributed by atoms with Crippen molar-refractivity contribution in [1.82, 2.24) is 9.78 Å². The summed E-state index contributed by atoms with van der Waals surface area (Å²) in [5.74, 6) is 0.0606. The molecule has 0 spiro atoms. The fourth-order valence-corrected chi connectivity index (χ4v) is 1.62. The summed E-state index contributed by atoms with van der Waals surface area (Å²) < 4.78 is 14.3. The fourth-order valence-electron chi connectivity index (χ4n) is 1.62. The Morgan fingerprint density at radius 1 is 1.41 bits per heavy atom. The van der Waals surface area contributed by atoms with E-state index in [4.69, 9.17) is 11.0 Å². The lowest BCUT2D eigenvalue weighted by Crippen LogP contribution is -2.06. The lowest BCUT2D eigenvalue weighted by Gasteiger charge is -2.04. The Kier molecular flexibility index (Phi) is 2.79. The molecule has 0 saturated carbocycles. The Balaban J connectivity index is 2.31. The Morgan fingerprint density at radius 2 is 2.06 bits per heavy atom. The zero-order valence-corrected chi connectivity index (χ0v) is 9.31. The second-order valence-electron chi connectivity index (χ2n) is 3.74. The van der Waals surface area contributed by atoms with Gasteiger partial charge in [0.2, 0.25) is 0 Å². The SMILES string of the molecule is Cc1nn(Cc2ccc(F)cc2)c(N)c1C#N. The average Bonchev–Trinajstić information content (AvgIpc) is 2.57. The van der Waals surface area contributed by atoms with Crippen LogP contribution in [0, 0.1) is 24.1 Å². The minimum atomic E-state index is -0.281. The van der Waals surface area contributed by atoms with E-state index in [2.05, 4.69) is 5.10 Å². The lowest BCUT2D eigenvalue weighted by atomic mass is 10.2. The number of hydrogen-bond acceptors (Lipinski definition) is 3. The summed E-state index contributed by atoms with van der Waals surface area (Å²) >= 11 is 0. The molecule has 0 amide bonds. The Labute approximate surface area is 98.1 Å².